The van der Waals surface area contributed by atoms with Crippen molar-refractivity contribution in [3.8, 4) is 0 Å². The molecule has 0 aliphatic heterocycles. The molecule has 0 aromatic heterocycles. The Morgan fingerprint density at radius 1 is 0.826 bits per heavy atom. The van der Waals surface area contributed by atoms with E-state index >= 15 is 0 Å². The number of hydrogen-bond acceptors (Lipinski definition) is 0. The minimum Gasteiger partial charge on any atom is -0.209 e. The smallest absolute Gasteiger partial charge is 0.135 e. The number of hydrogen-bond donors (Lipinski definition) is 0. The summed E-state index contributed by atoms with van der Waals surface area (Å²) in [4.78, 5) is 0. The van der Waals surface area contributed by atoms with Gasteiger partial charge in [0.25, 0.3) is 0 Å². The van der Waals surface area contributed by atoms with Crippen LogP contribution < -0.4 is 0 Å². The summed E-state index contributed by atoms with van der Waals surface area (Å²) in [6.07, 6.45) is 13.9. The van der Waals surface area contributed by atoms with Crippen LogP contribution in [0, 0.1) is 35.5 Å². The van der Waals surface area contributed by atoms with Crippen molar-refractivity contribution in [1.82, 2.24) is 0 Å². The van der Waals surface area contributed by atoms with E-state index in [1.54, 1.807) is 0 Å². The molecule has 23 heavy (non-hydrogen) atoms. The molecule has 3 rings (SSSR count). The molecule has 0 bridgehead atoms. The zero-order valence-corrected chi connectivity index (χ0v) is 14.7. The second kappa shape index (κ2) is 7.49. The summed E-state index contributed by atoms with van der Waals surface area (Å²) in [6.45, 7) is 4.48. The van der Waals surface area contributed by atoms with Crippen LogP contribution >= 0.6 is 0 Å². The van der Waals surface area contributed by atoms with Gasteiger partial charge in [-0.1, -0.05) is 38.8 Å². The Morgan fingerprint density at radius 3 is 2.09 bits per heavy atom. The zero-order chi connectivity index (χ0) is 16.4. The lowest BCUT2D eigenvalue weighted by atomic mass is 9.68. The summed E-state index contributed by atoms with van der Waals surface area (Å²) in [7, 11) is 0. The largest absolute Gasteiger partial charge is 0.209 e. The SMILES string of the molecule is CC[C@H]1C=C[C@@H](C2CC[C@H](C3CCC(C)CC3)C(F)=C2F)CC1. The van der Waals surface area contributed by atoms with Crippen molar-refractivity contribution in [3.05, 3.63) is 23.8 Å². The second-order valence-corrected chi connectivity index (χ2v) is 8.30. The summed E-state index contributed by atoms with van der Waals surface area (Å²) in [6, 6.07) is 0. The average Bonchev–Trinajstić information content (AvgIpc) is 2.58. The lowest BCUT2D eigenvalue weighted by Gasteiger charge is -2.38. The second-order valence-electron chi connectivity index (χ2n) is 8.30. The fourth-order valence-electron chi connectivity index (χ4n) is 5.07. The lowest BCUT2D eigenvalue weighted by molar-refractivity contribution is 0.160. The third-order valence-electron chi connectivity index (χ3n) is 6.84. The van der Waals surface area contributed by atoms with Crippen LogP contribution in [0.5, 0.6) is 0 Å². The lowest BCUT2D eigenvalue weighted by Crippen LogP contribution is -2.29. The van der Waals surface area contributed by atoms with Crippen LogP contribution in [0.15, 0.2) is 23.8 Å². The molecule has 130 valence electrons. The summed E-state index contributed by atoms with van der Waals surface area (Å²) in [5.41, 5.74) is 0. The summed E-state index contributed by atoms with van der Waals surface area (Å²) in [5.74, 6) is 0.899. The Morgan fingerprint density at radius 2 is 1.48 bits per heavy atom. The first-order valence-corrected chi connectivity index (χ1v) is 9.83. The van der Waals surface area contributed by atoms with Gasteiger partial charge in [0.2, 0.25) is 0 Å². The normalized spacial score (nSPS) is 42.1. The van der Waals surface area contributed by atoms with E-state index in [-0.39, 0.29) is 23.6 Å². The standard InChI is InChI=1S/C21H32F2/c1-3-15-6-10-17(11-7-15)19-13-12-18(20(22)21(19)23)16-8-4-14(2)5-9-16/h6,10,14-19H,3-5,7-9,11-13H2,1-2H3/t14?,15-,16?,17+,18+,19?/m0/s1. The fraction of sp³-hybridized carbons (Fsp3) is 0.810. The molecule has 1 fully saturated rings. The van der Waals surface area contributed by atoms with Crippen LogP contribution in [0.3, 0.4) is 0 Å². The van der Waals surface area contributed by atoms with Crippen LogP contribution in [0.25, 0.3) is 0 Å². The maximum atomic E-state index is 14.8. The highest BCUT2D eigenvalue weighted by Crippen LogP contribution is 2.48. The Kier molecular flexibility index (Phi) is 5.59. The quantitative estimate of drug-likeness (QED) is 0.492. The van der Waals surface area contributed by atoms with Crippen molar-refractivity contribution in [2.24, 2.45) is 35.5 Å². The Labute approximate surface area is 140 Å². The minimum absolute atomic E-state index is 0.130. The van der Waals surface area contributed by atoms with Crippen LogP contribution in [0.1, 0.15) is 71.6 Å². The molecule has 0 saturated heterocycles. The van der Waals surface area contributed by atoms with Crippen molar-refractivity contribution in [2.45, 2.75) is 71.6 Å². The highest BCUT2D eigenvalue weighted by molar-refractivity contribution is 5.17. The first-order chi connectivity index (χ1) is 11.1. The number of rotatable bonds is 3. The van der Waals surface area contributed by atoms with E-state index in [9.17, 15) is 8.78 Å². The van der Waals surface area contributed by atoms with Crippen molar-refractivity contribution < 1.29 is 8.78 Å². The van der Waals surface area contributed by atoms with E-state index in [1.807, 2.05) is 0 Å². The van der Waals surface area contributed by atoms with Gasteiger partial charge < -0.3 is 0 Å². The Balaban J connectivity index is 1.68. The summed E-state index contributed by atoms with van der Waals surface area (Å²) < 4.78 is 29.5. The van der Waals surface area contributed by atoms with Crippen LogP contribution in [0.4, 0.5) is 8.78 Å². The molecular formula is C21H32F2. The van der Waals surface area contributed by atoms with Gasteiger partial charge in [-0.05, 0) is 68.6 Å². The molecular weight excluding hydrogens is 290 g/mol. The van der Waals surface area contributed by atoms with Crippen molar-refractivity contribution in [2.75, 3.05) is 0 Å². The Hall–Kier alpha value is -0.660. The molecule has 0 aromatic rings. The van der Waals surface area contributed by atoms with Gasteiger partial charge in [0, 0.05) is 11.8 Å². The maximum absolute atomic E-state index is 14.8. The van der Waals surface area contributed by atoms with Gasteiger partial charge in [0.1, 0.15) is 11.7 Å². The predicted octanol–water partition coefficient (Wildman–Crippen LogP) is 6.98. The van der Waals surface area contributed by atoms with Gasteiger partial charge in [-0.3, -0.25) is 0 Å². The van der Waals surface area contributed by atoms with Crippen molar-refractivity contribution >= 4 is 0 Å². The van der Waals surface area contributed by atoms with E-state index < -0.39 is 5.83 Å². The molecule has 0 nitrogen and oxygen atoms in total. The Bertz CT molecular complexity index is 456. The first kappa shape index (κ1) is 17.2. The molecule has 0 aromatic carbocycles. The number of halogens is 2. The van der Waals surface area contributed by atoms with E-state index in [0.717, 1.165) is 50.9 Å². The molecule has 1 saturated carbocycles. The molecule has 0 amide bonds. The van der Waals surface area contributed by atoms with Crippen molar-refractivity contribution in [1.29, 1.82) is 0 Å². The molecule has 3 aliphatic rings. The monoisotopic (exact) mass is 322 g/mol. The summed E-state index contributed by atoms with van der Waals surface area (Å²) in [5, 5.41) is 0. The maximum Gasteiger partial charge on any atom is 0.135 e. The fourth-order valence-corrected chi connectivity index (χ4v) is 5.07. The molecule has 1 unspecified atom stereocenters. The average molecular weight is 322 g/mol. The zero-order valence-electron chi connectivity index (χ0n) is 14.7. The van der Waals surface area contributed by atoms with Gasteiger partial charge in [0.05, 0.1) is 0 Å². The minimum atomic E-state index is -0.399. The first-order valence-electron chi connectivity index (χ1n) is 9.83. The predicted molar refractivity (Wildman–Crippen MR) is 92.2 cm³/mol. The third-order valence-corrected chi connectivity index (χ3v) is 6.84. The van der Waals surface area contributed by atoms with E-state index in [0.29, 0.717) is 11.8 Å². The van der Waals surface area contributed by atoms with Gasteiger partial charge >= 0.3 is 0 Å². The van der Waals surface area contributed by atoms with Gasteiger partial charge in [-0.2, -0.15) is 0 Å². The van der Waals surface area contributed by atoms with E-state index in [1.165, 1.54) is 12.8 Å². The van der Waals surface area contributed by atoms with Gasteiger partial charge in [-0.15, -0.1) is 0 Å². The van der Waals surface area contributed by atoms with Crippen LogP contribution in [-0.4, -0.2) is 0 Å². The van der Waals surface area contributed by atoms with Crippen LogP contribution in [-0.2, 0) is 0 Å². The van der Waals surface area contributed by atoms with E-state index in [4.69, 9.17) is 0 Å². The highest BCUT2D eigenvalue weighted by Gasteiger charge is 2.39. The van der Waals surface area contributed by atoms with Crippen molar-refractivity contribution in [3.63, 3.8) is 0 Å². The molecule has 2 heteroatoms. The molecule has 0 spiro atoms. The molecule has 0 heterocycles. The van der Waals surface area contributed by atoms with E-state index in [2.05, 4.69) is 26.0 Å². The molecule has 3 aliphatic carbocycles. The third kappa shape index (κ3) is 3.72. The topological polar surface area (TPSA) is 0 Å². The molecule has 4 atom stereocenters. The molecule has 0 radical (unpaired) electrons. The molecule has 0 N–H and O–H groups in total. The van der Waals surface area contributed by atoms with Gasteiger partial charge in [-0.25, -0.2) is 8.78 Å². The number of allylic oxidation sites excluding steroid dienone is 4. The van der Waals surface area contributed by atoms with Crippen LogP contribution in [0.2, 0.25) is 0 Å². The van der Waals surface area contributed by atoms with Gasteiger partial charge in [0.15, 0.2) is 0 Å². The highest BCUT2D eigenvalue weighted by atomic mass is 19.2. The summed E-state index contributed by atoms with van der Waals surface area (Å²) >= 11 is 0.